The first-order valence-corrected chi connectivity index (χ1v) is 12.8. The average Bonchev–Trinajstić information content (AvgIpc) is 3.16. The van der Waals surface area contributed by atoms with E-state index in [1.807, 2.05) is 6.92 Å². The van der Waals surface area contributed by atoms with Crippen LogP contribution in [0.15, 0.2) is 53.3 Å². The molecule has 0 saturated heterocycles. The number of nitrogens with zero attached hydrogens (tertiary/aromatic N) is 2. The number of carboxylic acid groups (broad SMARTS) is 2. The summed E-state index contributed by atoms with van der Waals surface area (Å²) in [7, 11) is 0. The number of imidazole rings is 1. The minimum Gasteiger partial charge on any atom is -0.478 e. The first-order chi connectivity index (χ1) is 17.8. The van der Waals surface area contributed by atoms with Crippen LogP contribution in [0.3, 0.4) is 0 Å². The maximum Gasteiger partial charge on any atom is 0.354 e. The van der Waals surface area contributed by atoms with Crippen LogP contribution in [0.5, 0.6) is 0 Å². The summed E-state index contributed by atoms with van der Waals surface area (Å²) >= 11 is 0. The summed E-state index contributed by atoms with van der Waals surface area (Å²) in [6.45, 7) is 2.01. The first-order valence-electron chi connectivity index (χ1n) is 12.8. The summed E-state index contributed by atoms with van der Waals surface area (Å²) in [6.07, 6.45) is 6.22. The molecule has 4 rings (SSSR count). The summed E-state index contributed by atoms with van der Waals surface area (Å²) in [5.74, 6) is -2.58. The summed E-state index contributed by atoms with van der Waals surface area (Å²) in [4.78, 5) is 50.5. The number of hydrogen-bond acceptors (Lipinski definition) is 4. The Morgan fingerprint density at radius 3 is 2.22 bits per heavy atom. The number of benzene rings is 2. The fraction of sp³-hybridized carbons (Fsp3) is 0.379. The molecule has 3 aromatic rings. The number of hydrogen-bond donors (Lipinski definition) is 2. The van der Waals surface area contributed by atoms with Crippen LogP contribution in [0.4, 0.5) is 0 Å². The van der Waals surface area contributed by atoms with Crippen molar-refractivity contribution in [2.75, 3.05) is 0 Å². The predicted octanol–water partition coefficient (Wildman–Crippen LogP) is 5.32. The third-order valence-corrected chi connectivity index (χ3v) is 7.13. The van der Waals surface area contributed by atoms with E-state index in [1.54, 1.807) is 48.5 Å². The molecule has 2 aromatic carbocycles. The zero-order valence-electron chi connectivity index (χ0n) is 21.0. The molecule has 1 saturated carbocycles. The highest BCUT2D eigenvalue weighted by molar-refractivity contribution is 5.96. The molecule has 1 aromatic heterocycles. The van der Waals surface area contributed by atoms with Crippen LogP contribution in [0.2, 0.25) is 0 Å². The minimum atomic E-state index is -1.28. The van der Waals surface area contributed by atoms with Crippen LogP contribution in [0.1, 0.15) is 88.8 Å². The van der Waals surface area contributed by atoms with Crippen molar-refractivity contribution in [2.24, 2.45) is 5.92 Å². The Labute approximate surface area is 215 Å². The highest BCUT2D eigenvalue weighted by Gasteiger charge is 2.29. The summed E-state index contributed by atoms with van der Waals surface area (Å²) in [6, 6.07) is 13.9. The van der Waals surface area contributed by atoms with Gasteiger partial charge >= 0.3 is 17.6 Å². The lowest BCUT2D eigenvalue weighted by Crippen LogP contribution is -2.32. The van der Waals surface area contributed by atoms with Gasteiger partial charge in [-0.15, -0.1) is 0 Å². The molecule has 8 heteroatoms. The van der Waals surface area contributed by atoms with E-state index < -0.39 is 23.5 Å². The van der Waals surface area contributed by atoms with Crippen molar-refractivity contribution >= 4 is 17.8 Å². The smallest absolute Gasteiger partial charge is 0.354 e. The van der Waals surface area contributed by atoms with Crippen LogP contribution >= 0.6 is 0 Å². The monoisotopic (exact) mass is 504 g/mol. The standard InChI is InChI=1S/C29H32N2O6/c1-2-8-24-26(28(35)36)31(25(32)17-19-9-4-3-5-10-19)29(37)30(24)18-20-13-15-21(16-14-20)22-11-6-7-12-23(22)27(33)34/h6-7,11-16,19H,2-5,8-10,17-18H2,1H3,(H,33,34)(H,35,36). The van der Waals surface area contributed by atoms with E-state index in [0.717, 1.165) is 42.2 Å². The molecule has 2 N–H and O–H groups in total. The van der Waals surface area contributed by atoms with E-state index >= 15 is 0 Å². The van der Waals surface area contributed by atoms with Crippen molar-refractivity contribution in [1.82, 2.24) is 9.13 Å². The largest absolute Gasteiger partial charge is 0.478 e. The highest BCUT2D eigenvalue weighted by Crippen LogP contribution is 2.28. The molecule has 0 unspecified atom stereocenters. The Morgan fingerprint density at radius 2 is 1.59 bits per heavy atom. The van der Waals surface area contributed by atoms with Gasteiger partial charge in [-0.1, -0.05) is 75.1 Å². The summed E-state index contributed by atoms with van der Waals surface area (Å²) < 4.78 is 2.27. The van der Waals surface area contributed by atoms with Gasteiger partial charge in [0.1, 0.15) is 0 Å². The van der Waals surface area contributed by atoms with Crippen molar-refractivity contribution in [1.29, 1.82) is 0 Å². The SMILES string of the molecule is CCCc1c(C(=O)O)n(C(=O)CC2CCCCC2)c(=O)n1Cc1ccc(-c2ccccc2C(=O)O)cc1. The number of aromatic nitrogens is 2. The van der Waals surface area contributed by atoms with Crippen molar-refractivity contribution in [3.63, 3.8) is 0 Å². The molecular formula is C29H32N2O6. The fourth-order valence-corrected chi connectivity index (χ4v) is 5.32. The van der Waals surface area contributed by atoms with E-state index in [0.29, 0.717) is 29.7 Å². The molecule has 0 spiro atoms. The number of carboxylic acids is 2. The van der Waals surface area contributed by atoms with E-state index in [1.165, 1.54) is 4.57 Å². The summed E-state index contributed by atoms with van der Waals surface area (Å²) in [5, 5.41) is 19.5. The van der Waals surface area contributed by atoms with Gasteiger partial charge in [-0.3, -0.25) is 9.36 Å². The Bertz CT molecular complexity index is 1360. The van der Waals surface area contributed by atoms with Gasteiger partial charge in [-0.2, -0.15) is 0 Å². The molecule has 0 aliphatic heterocycles. The van der Waals surface area contributed by atoms with Crippen molar-refractivity contribution in [3.05, 3.63) is 81.5 Å². The molecule has 0 bridgehead atoms. The van der Waals surface area contributed by atoms with Crippen molar-refractivity contribution in [2.45, 2.75) is 64.8 Å². The average molecular weight is 505 g/mol. The van der Waals surface area contributed by atoms with E-state index in [-0.39, 0.29) is 30.1 Å². The van der Waals surface area contributed by atoms with Crippen LogP contribution in [0.25, 0.3) is 11.1 Å². The molecule has 1 heterocycles. The van der Waals surface area contributed by atoms with E-state index in [9.17, 15) is 29.4 Å². The number of aromatic carboxylic acids is 2. The van der Waals surface area contributed by atoms with Gasteiger partial charge in [-0.05, 0) is 47.9 Å². The van der Waals surface area contributed by atoms with E-state index in [4.69, 9.17) is 0 Å². The van der Waals surface area contributed by atoms with Crippen LogP contribution in [-0.2, 0) is 13.0 Å². The topological polar surface area (TPSA) is 119 Å². The molecule has 194 valence electrons. The van der Waals surface area contributed by atoms with Gasteiger partial charge in [0.25, 0.3) is 0 Å². The van der Waals surface area contributed by atoms with Gasteiger partial charge in [-0.25, -0.2) is 19.0 Å². The zero-order chi connectivity index (χ0) is 26.5. The highest BCUT2D eigenvalue weighted by atomic mass is 16.4. The molecule has 1 aliphatic rings. The number of carbonyl (C=O) groups excluding carboxylic acids is 1. The summed E-state index contributed by atoms with van der Waals surface area (Å²) in [5.41, 5.74) is 1.72. The van der Waals surface area contributed by atoms with Crippen molar-refractivity contribution < 1.29 is 24.6 Å². The number of carbonyl (C=O) groups is 3. The molecule has 37 heavy (non-hydrogen) atoms. The molecule has 0 atom stereocenters. The molecule has 1 aliphatic carbocycles. The quantitative estimate of drug-likeness (QED) is 0.407. The Hall–Kier alpha value is -3.94. The second kappa shape index (κ2) is 11.4. The lowest BCUT2D eigenvalue weighted by atomic mass is 9.87. The van der Waals surface area contributed by atoms with E-state index in [2.05, 4.69) is 0 Å². The third-order valence-electron chi connectivity index (χ3n) is 7.13. The zero-order valence-corrected chi connectivity index (χ0v) is 21.0. The first kappa shape index (κ1) is 26.1. The Balaban J connectivity index is 1.68. The maximum absolute atomic E-state index is 13.5. The van der Waals surface area contributed by atoms with Gasteiger partial charge in [0.15, 0.2) is 5.69 Å². The molecule has 8 nitrogen and oxygen atoms in total. The lowest BCUT2D eigenvalue weighted by molar-refractivity contribution is 0.0665. The molecule has 0 radical (unpaired) electrons. The van der Waals surface area contributed by atoms with Crippen molar-refractivity contribution in [3.8, 4) is 11.1 Å². The third kappa shape index (κ3) is 5.58. The Kier molecular flexibility index (Phi) is 8.06. The predicted molar refractivity (Wildman–Crippen MR) is 139 cm³/mol. The molecular weight excluding hydrogens is 472 g/mol. The second-order valence-electron chi connectivity index (χ2n) is 9.70. The minimum absolute atomic E-state index is 0.110. The maximum atomic E-state index is 13.5. The molecule has 0 amide bonds. The van der Waals surface area contributed by atoms with Crippen LogP contribution in [-0.4, -0.2) is 37.2 Å². The number of rotatable bonds is 9. The Morgan fingerprint density at radius 1 is 0.919 bits per heavy atom. The van der Waals surface area contributed by atoms with Crippen LogP contribution in [0, 0.1) is 5.92 Å². The van der Waals surface area contributed by atoms with Gasteiger partial charge in [0.2, 0.25) is 5.91 Å². The normalized spacial score (nSPS) is 14.0. The molecule has 1 fully saturated rings. The van der Waals surface area contributed by atoms with Crippen LogP contribution < -0.4 is 5.69 Å². The lowest BCUT2D eigenvalue weighted by Gasteiger charge is -2.20. The second-order valence-corrected chi connectivity index (χ2v) is 9.70. The van der Waals surface area contributed by atoms with Gasteiger partial charge in [0.05, 0.1) is 17.8 Å². The fourth-order valence-electron chi connectivity index (χ4n) is 5.32. The van der Waals surface area contributed by atoms with Gasteiger partial charge in [0, 0.05) is 6.42 Å². The van der Waals surface area contributed by atoms with Gasteiger partial charge < -0.3 is 10.2 Å².